The van der Waals surface area contributed by atoms with Gasteiger partial charge in [0.2, 0.25) is 0 Å². The predicted octanol–water partition coefficient (Wildman–Crippen LogP) is 1.91. The summed E-state index contributed by atoms with van der Waals surface area (Å²) in [5, 5.41) is 2.74. The smallest absolute Gasteiger partial charge is 0.287 e. The molecular weight excluding hydrogens is 256 g/mol. The summed E-state index contributed by atoms with van der Waals surface area (Å²) in [5.41, 5.74) is 1.46. The third kappa shape index (κ3) is 3.26. The van der Waals surface area contributed by atoms with Crippen LogP contribution in [0.15, 0.2) is 47.1 Å². The van der Waals surface area contributed by atoms with Crippen molar-refractivity contribution in [2.45, 2.75) is 6.54 Å². The molecule has 1 N–H and O–H groups in total. The molecule has 0 bridgehead atoms. The molecule has 20 heavy (non-hydrogen) atoms. The van der Waals surface area contributed by atoms with E-state index in [9.17, 15) is 9.59 Å². The summed E-state index contributed by atoms with van der Waals surface area (Å²) in [6, 6.07) is 10.4. The van der Waals surface area contributed by atoms with Gasteiger partial charge in [-0.2, -0.15) is 0 Å². The largest absolute Gasteiger partial charge is 0.459 e. The number of rotatable bonds is 4. The molecule has 0 aliphatic carbocycles. The Bertz CT molecular complexity index is 603. The van der Waals surface area contributed by atoms with Gasteiger partial charge in [-0.1, -0.05) is 12.1 Å². The molecule has 104 valence electrons. The van der Waals surface area contributed by atoms with Crippen LogP contribution in [0.2, 0.25) is 0 Å². The Kier molecular flexibility index (Phi) is 4.20. The van der Waals surface area contributed by atoms with Crippen LogP contribution in [-0.2, 0) is 6.54 Å². The fourth-order valence-electron chi connectivity index (χ4n) is 1.75. The molecule has 0 radical (unpaired) electrons. The molecule has 2 aromatic rings. The first-order chi connectivity index (χ1) is 9.58. The summed E-state index contributed by atoms with van der Waals surface area (Å²) in [6.07, 6.45) is 1.45. The van der Waals surface area contributed by atoms with Crippen molar-refractivity contribution in [1.82, 2.24) is 10.2 Å². The maximum atomic E-state index is 11.8. The molecule has 2 rings (SSSR count). The lowest BCUT2D eigenvalue weighted by atomic mass is 10.1. The second-order valence-corrected chi connectivity index (χ2v) is 4.56. The fourth-order valence-corrected chi connectivity index (χ4v) is 1.75. The van der Waals surface area contributed by atoms with Crippen LogP contribution < -0.4 is 5.32 Å². The highest BCUT2D eigenvalue weighted by molar-refractivity contribution is 5.94. The molecule has 0 spiro atoms. The molecule has 0 aliphatic rings. The van der Waals surface area contributed by atoms with Crippen molar-refractivity contribution < 1.29 is 14.0 Å². The Morgan fingerprint density at radius 3 is 2.65 bits per heavy atom. The maximum absolute atomic E-state index is 11.8. The minimum absolute atomic E-state index is 0.0655. The maximum Gasteiger partial charge on any atom is 0.287 e. The fraction of sp³-hybridized carbons (Fsp3) is 0.200. The van der Waals surface area contributed by atoms with Gasteiger partial charge in [-0.3, -0.25) is 9.59 Å². The van der Waals surface area contributed by atoms with Crippen LogP contribution in [-0.4, -0.2) is 30.8 Å². The van der Waals surface area contributed by atoms with Crippen LogP contribution in [0.5, 0.6) is 0 Å². The van der Waals surface area contributed by atoms with E-state index in [-0.39, 0.29) is 17.6 Å². The highest BCUT2D eigenvalue weighted by Crippen LogP contribution is 2.08. The molecule has 2 amide bonds. The van der Waals surface area contributed by atoms with E-state index in [1.165, 1.54) is 11.2 Å². The summed E-state index contributed by atoms with van der Waals surface area (Å²) >= 11 is 0. The van der Waals surface area contributed by atoms with Gasteiger partial charge in [0.1, 0.15) is 0 Å². The van der Waals surface area contributed by atoms with Crippen molar-refractivity contribution in [2.24, 2.45) is 0 Å². The molecular formula is C15H16N2O3. The molecule has 5 heteroatoms. The molecule has 0 fully saturated rings. The number of amides is 2. The lowest BCUT2D eigenvalue weighted by Crippen LogP contribution is -2.23. The Labute approximate surface area is 117 Å². The second-order valence-electron chi connectivity index (χ2n) is 4.56. The SMILES string of the molecule is CN(C)C(=O)c1cccc(CNC(=O)c2ccco2)c1. The standard InChI is InChI=1S/C15H16N2O3/c1-17(2)15(19)12-6-3-5-11(9-12)10-16-14(18)13-7-4-8-20-13/h3-9H,10H2,1-2H3,(H,16,18). The third-order valence-electron chi connectivity index (χ3n) is 2.78. The number of hydrogen-bond acceptors (Lipinski definition) is 3. The average molecular weight is 272 g/mol. The average Bonchev–Trinajstić information content (AvgIpc) is 2.98. The normalized spacial score (nSPS) is 10.1. The number of carbonyl (C=O) groups excluding carboxylic acids is 2. The van der Waals surface area contributed by atoms with Crippen molar-refractivity contribution in [3.05, 3.63) is 59.5 Å². The van der Waals surface area contributed by atoms with Crippen LogP contribution in [0.1, 0.15) is 26.5 Å². The predicted molar refractivity (Wildman–Crippen MR) is 74.3 cm³/mol. The molecule has 5 nitrogen and oxygen atoms in total. The molecule has 0 aliphatic heterocycles. The zero-order valence-electron chi connectivity index (χ0n) is 11.4. The van der Waals surface area contributed by atoms with Gasteiger partial charge in [0.25, 0.3) is 11.8 Å². The number of nitrogens with zero attached hydrogens (tertiary/aromatic N) is 1. The summed E-state index contributed by atoms with van der Waals surface area (Å²) in [7, 11) is 3.40. The van der Waals surface area contributed by atoms with E-state index in [1.807, 2.05) is 6.07 Å². The topological polar surface area (TPSA) is 62.6 Å². The van der Waals surface area contributed by atoms with E-state index in [1.54, 1.807) is 44.4 Å². The minimum Gasteiger partial charge on any atom is -0.459 e. The Morgan fingerprint density at radius 2 is 2.00 bits per heavy atom. The Hall–Kier alpha value is -2.56. The molecule has 1 heterocycles. The second kappa shape index (κ2) is 6.06. The van der Waals surface area contributed by atoms with E-state index in [0.717, 1.165) is 5.56 Å². The van der Waals surface area contributed by atoms with Gasteiger partial charge < -0.3 is 14.6 Å². The molecule has 0 saturated carbocycles. The zero-order valence-corrected chi connectivity index (χ0v) is 11.4. The van der Waals surface area contributed by atoms with Crippen LogP contribution in [0.25, 0.3) is 0 Å². The molecule has 0 unspecified atom stereocenters. The van der Waals surface area contributed by atoms with Crippen LogP contribution in [0, 0.1) is 0 Å². The van der Waals surface area contributed by atoms with Crippen molar-refractivity contribution >= 4 is 11.8 Å². The molecule has 1 aromatic carbocycles. The van der Waals surface area contributed by atoms with Gasteiger partial charge in [0.05, 0.1) is 6.26 Å². The van der Waals surface area contributed by atoms with Crippen molar-refractivity contribution in [3.8, 4) is 0 Å². The minimum atomic E-state index is -0.278. The number of hydrogen-bond donors (Lipinski definition) is 1. The quantitative estimate of drug-likeness (QED) is 0.924. The zero-order chi connectivity index (χ0) is 14.5. The van der Waals surface area contributed by atoms with Gasteiger partial charge in [-0.25, -0.2) is 0 Å². The van der Waals surface area contributed by atoms with E-state index in [4.69, 9.17) is 4.42 Å². The van der Waals surface area contributed by atoms with Crippen molar-refractivity contribution in [3.63, 3.8) is 0 Å². The number of nitrogens with one attached hydrogen (secondary N) is 1. The Morgan fingerprint density at radius 1 is 1.20 bits per heavy atom. The van der Waals surface area contributed by atoms with E-state index < -0.39 is 0 Å². The monoisotopic (exact) mass is 272 g/mol. The molecule has 0 saturated heterocycles. The summed E-state index contributed by atoms with van der Waals surface area (Å²) in [5.74, 6) is -0.0749. The van der Waals surface area contributed by atoms with Gasteiger partial charge >= 0.3 is 0 Å². The van der Waals surface area contributed by atoms with E-state index in [0.29, 0.717) is 12.1 Å². The first-order valence-corrected chi connectivity index (χ1v) is 6.20. The highest BCUT2D eigenvalue weighted by atomic mass is 16.3. The summed E-state index contributed by atoms with van der Waals surface area (Å²) in [6.45, 7) is 0.341. The number of carbonyl (C=O) groups is 2. The summed E-state index contributed by atoms with van der Waals surface area (Å²) < 4.78 is 5.00. The first kappa shape index (κ1) is 13.9. The van der Waals surface area contributed by atoms with Crippen LogP contribution >= 0.6 is 0 Å². The van der Waals surface area contributed by atoms with Crippen molar-refractivity contribution in [1.29, 1.82) is 0 Å². The van der Waals surface area contributed by atoms with Crippen LogP contribution in [0.3, 0.4) is 0 Å². The van der Waals surface area contributed by atoms with Gasteiger partial charge in [0, 0.05) is 26.2 Å². The molecule has 1 aromatic heterocycles. The number of benzene rings is 1. The Balaban J connectivity index is 2.02. The highest BCUT2D eigenvalue weighted by Gasteiger charge is 2.10. The van der Waals surface area contributed by atoms with Gasteiger partial charge in [-0.15, -0.1) is 0 Å². The molecule has 0 atom stereocenters. The van der Waals surface area contributed by atoms with Gasteiger partial charge in [0.15, 0.2) is 5.76 Å². The van der Waals surface area contributed by atoms with Crippen LogP contribution in [0.4, 0.5) is 0 Å². The first-order valence-electron chi connectivity index (χ1n) is 6.20. The third-order valence-corrected chi connectivity index (χ3v) is 2.78. The lowest BCUT2D eigenvalue weighted by molar-refractivity contribution is 0.0827. The lowest BCUT2D eigenvalue weighted by Gasteiger charge is -2.11. The van der Waals surface area contributed by atoms with E-state index >= 15 is 0 Å². The van der Waals surface area contributed by atoms with Gasteiger partial charge in [-0.05, 0) is 29.8 Å². The summed E-state index contributed by atoms with van der Waals surface area (Å²) in [4.78, 5) is 25.1. The van der Waals surface area contributed by atoms with Crippen molar-refractivity contribution in [2.75, 3.05) is 14.1 Å². The number of furan rings is 1. The van der Waals surface area contributed by atoms with E-state index in [2.05, 4.69) is 5.32 Å².